The lowest BCUT2D eigenvalue weighted by molar-refractivity contribution is 0.0554. The van der Waals surface area contributed by atoms with E-state index < -0.39 is 17.6 Å². The minimum Gasteiger partial charge on any atom is -0.503 e. The van der Waals surface area contributed by atoms with Crippen LogP contribution in [0, 0.1) is 5.82 Å². The molecule has 0 spiro atoms. The van der Waals surface area contributed by atoms with E-state index in [-0.39, 0.29) is 24.9 Å². The molecule has 1 aliphatic rings. The normalized spacial score (nSPS) is 12.8. The highest BCUT2D eigenvalue weighted by Gasteiger charge is 2.24. The Morgan fingerprint density at radius 2 is 2.00 bits per heavy atom. The second-order valence-corrected chi connectivity index (χ2v) is 5.02. The van der Waals surface area contributed by atoms with Crippen LogP contribution >= 0.6 is 0 Å². The average molecular weight is 330 g/mol. The van der Waals surface area contributed by atoms with E-state index in [0.29, 0.717) is 0 Å². The predicted octanol–water partition coefficient (Wildman–Crippen LogP) is 3.37. The number of benzene rings is 2. The Hall–Kier alpha value is -3.22. The van der Waals surface area contributed by atoms with Crippen molar-refractivity contribution in [3.63, 3.8) is 0 Å². The lowest BCUT2D eigenvalue weighted by Gasteiger charge is -2.22. The molecule has 7 heteroatoms. The second kappa shape index (κ2) is 6.91. The molecular weight excluding hydrogens is 315 g/mol. The van der Waals surface area contributed by atoms with Crippen molar-refractivity contribution in [2.45, 2.75) is 6.54 Å². The molecule has 0 radical (unpaired) electrons. The summed E-state index contributed by atoms with van der Waals surface area (Å²) in [5.41, 5.74) is 0.838. The largest absolute Gasteiger partial charge is 0.503 e. The molecule has 3 rings (SSSR count). The molecule has 124 valence electrons. The van der Waals surface area contributed by atoms with Gasteiger partial charge in [0, 0.05) is 0 Å². The van der Waals surface area contributed by atoms with E-state index in [2.05, 4.69) is 5.32 Å². The van der Waals surface area contributed by atoms with Crippen molar-refractivity contribution in [3.05, 3.63) is 72.1 Å². The van der Waals surface area contributed by atoms with Gasteiger partial charge in [0.2, 0.25) is 12.7 Å². The molecule has 2 aromatic carbocycles. The first-order chi connectivity index (χ1) is 11.6. The molecule has 0 saturated heterocycles. The molecule has 0 unspecified atom stereocenters. The number of nitrogens with one attached hydrogen (secondary N) is 1. The fourth-order valence-corrected chi connectivity index (χ4v) is 2.19. The lowest BCUT2D eigenvalue weighted by Crippen LogP contribution is -2.34. The summed E-state index contributed by atoms with van der Waals surface area (Å²) in [6.45, 7) is 0.233. The highest BCUT2D eigenvalue weighted by Crippen LogP contribution is 2.27. The molecule has 1 aliphatic heterocycles. The number of carbonyl (C=O) groups excluding carboxylic acids is 1. The number of aromatic hydroxyl groups is 1. The van der Waals surface area contributed by atoms with Gasteiger partial charge in [0.1, 0.15) is 6.26 Å². The van der Waals surface area contributed by atoms with Crippen molar-refractivity contribution in [2.75, 3.05) is 12.1 Å². The molecule has 6 nitrogen and oxygen atoms in total. The van der Waals surface area contributed by atoms with Gasteiger partial charge in [-0.05, 0) is 17.7 Å². The third-order valence-electron chi connectivity index (χ3n) is 3.38. The van der Waals surface area contributed by atoms with Gasteiger partial charge in [-0.3, -0.25) is 4.90 Å². The smallest absolute Gasteiger partial charge is 0.329 e. The van der Waals surface area contributed by atoms with E-state index in [0.717, 1.165) is 11.6 Å². The fourth-order valence-electron chi connectivity index (χ4n) is 2.19. The van der Waals surface area contributed by atoms with Crippen molar-refractivity contribution >= 4 is 11.7 Å². The molecule has 2 aromatic rings. The number of hydrogen-bond acceptors (Lipinski definition) is 4. The van der Waals surface area contributed by atoms with Crippen molar-refractivity contribution in [1.29, 1.82) is 0 Å². The fraction of sp³-hybridized carbons (Fsp3) is 0.118. The molecule has 1 heterocycles. The van der Waals surface area contributed by atoms with E-state index in [1.807, 2.05) is 30.3 Å². The third-order valence-corrected chi connectivity index (χ3v) is 3.38. The van der Waals surface area contributed by atoms with Gasteiger partial charge in [0.05, 0.1) is 12.2 Å². The van der Waals surface area contributed by atoms with Crippen LogP contribution in [-0.2, 0) is 16.0 Å². The number of halogens is 1. The highest BCUT2D eigenvalue weighted by atomic mass is 19.1. The number of para-hydroxylation sites is 1. The molecular formula is C17H15FN2O4. The number of carbonyl (C=O) groups is 1. The van der Waals surface area contributed by atoms with E-state index in [1.165, 1.54) is 23.3 Å². The van der Waals surface area contributed by atoms with Crippen LogP contribution in [0.5, 0.6) is 5.75 Å². The number of phenolic OH excluding ortho intramolecular Hbond substituents is 1. The summed E-state index contributed by atoms with van der Waals surface area (Å²) in [5, 5.41) is 12.2. The monoisotopic (exact) mass is 330 g/mol. The minimum atomic E-state index is -0.818. The first-order valence-electron chi connectivity index (χ1n) is 7.19. The predicted molar refractivity (Wildman–Crippen MR) is 84.2 cm³/mol. The molecule has 0 fully saturated rings. The van der Waals surface area contributed by atoms with E-state index >= 15 is 0 Å². The number of urea groups is 1. The summed E-state index contributed by atoms with van der Waals surface area (Å²) in [7, 11) is 0. The Kier molecular flexibility index (Phi) is 4.51. The summed E-state index contributed by atoms with van der Waals surface area (Å²) in [6.07, 6.45) is 1.33. The van der Waals surface area contributed by atoms with Crippen LogP contribution in [0.2, 0.25) is 0 Å². The Morgan fingerprint density at radius 3 is 2.71 bits per heavy atom. The average Bonchev–Trinajstić information content (AvgIpc) is 3.12. The first-order valence-corrected chi connectivity index (χ1v) is 7.19. The van der Waals surface area contributed by atoms with Crippen molar-refractivity contribution in [3.8, 4) is 5.75 Å². The lowest BCUT2D eigenvalue weighted by atomic mass is 10.2. The van der Waals surface area contributed by atoms with Gasteiger partial charge in [0.15, 0.2) is 11.6 Å². The number of amides is 2. The summed E-state index contributed by atoms with van der Waals surface area (Å²) in [4.78, 5) is 13.9. The van der Waals surface area contributed by atoms with Gasteiger partial charge in [-0.1, -0.05) is 36.4 Å². The third kappa shape index (κ3) is 3.40. The second-order valence-electron chi connectivity index (χ2n) is 5.02. The van der Waals surface area contributed by atoms with Crippen molar-refractivity contribution in [2.24, 2.45) is 0 Å². The van der Waals surface area contributed by atoms with Crippen LogP contribution in [0.1, 0.15) is 5.56 Å². The summed E-state index contributed by atoms with van der Waals surface area (Å²) < 4.78 is 23.7. The molecule has 0 atom stereocenters. The maximum atomic E-state index is 13.4. The van der Waals surface area contributed by atoms with E-state index in [1.54, 1.807) is 0 Å². The quantitative estimate of drug-likeness (QED) is 0.843. The number of rotatable bonds is 4. The first kappa shape index (κ1) is 15.7. The van der Waals surface area contributed by atoms with Gasteiger partial charge < -0.3 is 19.9 Å². The number of ether oxygens (including phenoxy) is 2. The van der Waals surface area contributed by atoms with E-state index in [9.17, 15) is 14.3 Å². The standard InChI is InChI=1S/C17H15FN2O4/c18-13-7-4-8-14(16(13)21)19-17(22)20(15-10-23-11-24-15)9-12-5-2-1-3-6-12/h1-8,10,21H,9,11H2,(H,19,22). The van der Waals surface area contributed by atoms with Crippen LogP contribution < -0.4 is 5.32 Å². The summed E-state index contributed by atoms with van der Waals surface area (Å²) in [5.74, 6) is -1.21. The zero-order valence-electron chi connectivity index (χ0n) is 12.6. The van der Waals surface area contributed by atoms with E-state index in [4.69, 9.17) is 9.47 Å². The Morgan fingerprint density at radius 1 is 1.21 bits per heavy atom. The van der Waals surface area contributed by atoms with Crippen LogP contribution in [0.4, 0.5) is 14.9 Å². The maximum absolute atomic E-state index is 13.4. The van der Waals surface area contributed by atoms with Crippen LogP contribution in [0.25, 0.3) is 0 Å². The molecule has 0 aromatic heterocycles. The number of phenols is 1. The number of anilines is 1. The Bertz CT molecular complexity index is 764. The molecule has 24 heavy (non-hydrogen) atoms. The van der Waals surface area contributed by atoms with Gasteiger partial charge >= 0.3 is 6.03 Å². The van der Waals surface area contributed by atoms with Crippen molar-refractivity contribution < 1.29 is 23.8 Å². The minimum absolute atomic E-state index is 0.0130. The Balaban J connectivity index is 1.82. The number of hydrogen-bond donors (Lipinski definition) is 2. The molecule has 2 amide bonds. The molecule has 0 bridgehead atoms. The zero-order chi connectivity index (χ0) is 16.9. The molecule has 0 aliphatic carbocycles. The number of nitrogens with zero attached hydrogens (tertiary/aromatic N) is 1. The summed E-state index contributed by atoms with van der Waals surface area (Å²) in [6, 6.07) is 12.6. The van der Waals surface area contributed by atoms with Crippen LogP contribution in [0.15, 0.2) is 60.7 Å². The highest BCUT2D eigenvalue weighted by molar-refractivity contribution is 5.91. The van der Waals surface area contributed by atoms with Crippen LogP contribution in [-0.4, -0.2) is 22.8 Å². The van der Waals surface area contributed by atoms with Gasteiger partial charge in [-0.25, -0.2) is 9.18 Å². The maximum Gasteiger partial charge on any atom is 0.329 e. The zero-order valence-corrected chi connectivity index (χ0v) is 12.6. The van der Waals surface area contributed by atoms with Crippen molar-refractivity contribution in [1.82, 2.24) is 4.90 Å². The Labute approximate surface area is 137 Å². The van der Waals surface area contributed by atoms with Crippen LogP contribution in [0.3, 0.4) is 0 Å². The SMILES string of the molecule is O=C(Nc1cccc(F)c1O)N(Cc1ccccc1)C1=COCO1. The molecule has 0 saturated carbocycles. The van der Waals surface area contributed by atoms with Gasteiger partial charge in [0.25, 0.3) is 0 Å². The topological polar surface area (TPSA) is 71.0 Å². The van der Waals surface area contributed by atoms with Gasteiger partial charge in [-0.15, -0.1) is 0 Å². The summed E-state index contributed by atoms with van der Waals surface area (Å²) >= 11 is 0. The molecule has 2 N–H and O–H groups in total. The van der Waals surface area contributed by atoms with Gasteiger partial charge in [-0.2, -0.15) is 0 Å².